The number of rotatable bonds is 13. The molecule has 0 saturated carbocycles. The minimum absolute atomic E-state index is 0.0362. The Bertz CT molecular complexity index is 668. The van der Waals surface area contributed by atoms with Gasteiger partial charge in [0.25, 0.3) is 0 Å². The Kier molecular flexibility index (Phi) is 9.82. The van der Waals surface area contributed by atoms with Crippen LogP contribution in [-0.2, 0) is 4.79 Å². The predicted octanol–water partition coefficient (Wildman–Crippen LogP) is 4.67. The molecule has 1 aromatic rings. The molecule has 5 heteroatoms. The Labute approximate surface area is 172 Å². The molecule has 1 atom stereocenters. The smallest absolute Gasteiger partial charge is 0.198 e. The second-order valence-electron chi connectivity index (χ2n) is 7.13. The average molecular weight is 405 g/mol. The first kappa shape index (κ1) is 22.7. The highest BCUT2D eigenvalue weighted by molar-refractivity contribution is 8.03. The normalized spacial score (nSPS) is 20.6. The number of benzene rings is 1. The van der Waals surface area contributed by atoms with Crippen molar-refractivity contribution < 1.29 is 19.7 Å². The number of ketones is 1. The minimum Gasteiger partial charge on any atom is -0.494 e. The highest BCUT2D eigenvalue weighted by Gasteiger charge is 2.40. The monoisotopic (exact) mass is 404 g/mol. The Hall–Kier alpha value is -1.56. The van der Waals surface area contributed by atoms with E-state index in [1.807, 2.05) is 42.7 Å². The Morgan fingerprint density at radius 2 is 1.82 bits per heavy atom. The molecule has 0 aliphatic heterocycles. The number of carbonyl (C=O) groups is 1. The van der Waals surface area contributed by atoms with Crippen LogP contribution in [0.4, 0.5) is 0 Å². The highest BCUT2D eigenvalue weighted by Crippen LogP contribution is 2.39. The van der Waals surface area contributed by atoms with Gasteiger partial charge in [-0.25, -0.2) is 0 Å². The number of thioether (sulfide) groups is 1. The third-order valence-corrected chi connectivity index (χ3v) is 5.69. The van der Waals surface area contributed by atoms with Crippen molar-refractivity contribution in [2.75, 3.05) is 19.5 Å². The zero-order valence-corrected chi connectivity index (χ0v) is 17.5. The molecule has 1 aliphatic carbocycles. The number of aliphatic hydroxyl groups is 2. The quantitative estimate of drug-likeness (QED) is 0.369. The molecule has 2 rings (SSSR count). The van der Waals surface area contributed by atoms with Gasteiger partial charge in [0.15, 0.2) is 5.78 Å². The molecule has 0 amide bonds. The summed E-state index contributed by atoms with van der Waals surface area (Å²) in [5.74, 6) is 0.814. The summed E-state index contributed by atoms with van der Waals surface area (Å²) in [4.78, 5) is 13.3. The predicted molar refractivity (Wildman–Crippen MR) is 116 cm³/mol. The van der Waals surface area contributed by atoms with Gasteiger partial charge in [-0.15, -0.1) is 11.8 Å². The number of hydrogen-bond acceptors (Lipinski definition) is 5. The maximum atomic E-state index is 12.6. The van der Waals surface area contributed by atoms with Gasteiger partial charge in [-0.05, 0) is 63.0 Å². The first-order chi connectivity index (χ1) is 13.6. The Morgan fingerprint density at radius 1 is 1.07 bits per heavy atom. The number of hydrogen-bond donors (Lipinski definition) is 2. The van der Waals surface area contributed by atoms with E-state index < -0.39 is 5.60 Å². The molecule has 1 aliphatic rings. The van der Waals surface area contributed by atoms with Gasteiger partial charge in [0.05, 0.1) is 11.5 Å². The van der Waals surface area contributed by atoms with Crippen molar-refractivity contribution in [3.05, 3.63) is 53.0 Å². The number of Topliss-reactive ketones (excluding diaryl/α,β-unsaturated/α-hetero) is 1. The summed E-state index contributed by atoms with van der Waals surface area (Å²) in [6.07, 6.45) is 12.2. The molecule has 0 heterocycles. The number of allylic oxidation sites excluding steroid dienone is 2. The van der Waals surface area contributed by atoms with Crippen LogP contribution in [0.5, 0.6) is 5.75 Å². The van der Waals surface area contributed by atoms with Gasteiger partial charge in [0.2, 0.25) is 0 Å². The van der Waals surface area contributed by atoms with Gasteiger partial charge in [0.1, 0.15) is 11.4 Å². The van der Waals surface area contributed by atoms with Crippen molar-refractivity contribution in [3.8, 4) is 5.75 Å². The molecule has 154 valence electrons. The summed E-state index contributed by atoms with van der Waals surface area (Å²) in [5.41, 5.74) is -0.629. The molecule has 2 N–H and O–H groups in total. The van der Waals surface area contributed by atoms with E-state index in [0.29, 0.717) is 23.5 Å². The van der Waals surface area contributed by atoms with Gasteiger partial charge < -0.3 is 14.9 Å². The molecule has 1 unspecified atom stereocenters. The molecular weight excluding hydrogens is 372 g/mol. The first-order valence-corrected chi connectivity index (χ1v) is 11.4. The maximum absolute atomic E-state index is 12.6. The van der Waals surface area contributed by atoms with Crippen LogP contribution >= 0.6 is 11.8 Å². The molecule has 0 radical (unpaired) electrons. The van der Waals surface area contributed by atoms with Gasteiger partial charge in [0, 0.05) is 12.2 Å². The minimum atomic E-state index is -1.16. The van der Waals surface area contributed by atoms with Crippen molar-refractivity contribution in [2.24, 2.45) is 0 Å². The average Bonchev–Trinajstić information content (AvgIpc) is 2.95. The lowest BCUT2D eigenvalue weighted by atomic mass is 9.90. The summed E-state index contributed by atoms with van der Waals surface area (Å²) in [5, 5.41) is 20.0. The van der Waals surface area contributed by atoms with Crippen LogP contribution in [0.25, 0.3) is 0 Å². The topological polar surface area (TPSA) is 66.8 Å². The second kappa shape index (κ2) is 12.1. The lowest BCUT2D eigenvalue weighted by molar-refractivity contribution is -0.112. The number of para-hydroxylation sites is 1. The first-order valence-electron chi connectivity index (χ1n) is 10.1. The van der Waals surface area contributed by atoms with Gasteiger partial charge in [-0.3, -0.25) is 4.79 Å². The second-order valence-corrected chi connectivity index (χ2v) is 7.98. The summed E-state index contributed by atoms with van der Waals surface area (Å²) >= 11 is 1.40. The molecule has 28 heavy (non-hydrogen) atoms. The summed E-state index contributed by atoms with van der Waals surface area (Å²) < 4.78 is 5.71. The zero-order chi connectivity index (χ0) is 20.2. The largest absolute Gasteiger partial charge is 0.494 e. The van der Waals surface area contributed by atoms with Crippen LogP contribution in [0.1, 0.15) is 51.4 Å². The van der Waals surface area contributed by atoms with Crippen LogP contribution in [0, 0.1) is 0 Å². The SMILES string of the molecule is CSC1=CC(O)(CCCCOc2ccccc2)/C(=C/CCCCCCO)C1=O. The third-order valence-electron chi connectivity index (χ3n) is 4.95. The molecule has 0 saturated heterocycles. The molecule has 0 fully saturated rings. The summed E-state index contributed by atoms with van der Waals surface area (Å²) in [6.45, 7) is 0.825. The lowest BCUT2D eigenvalue weighted by Crippen LogP contribution is -2.28. The Balaban J connectivity index is 1.84. The molecule has 0 aromatic heterocycles. The third kappa shape index (κ3) is 6.80. The summed E-state index contributed by atoms with van der Waals surface area (Å²) in [7, 11) is 0. The van der Waals surface area contributed by atoms with Gasteiger partial charge in [-0.1, -0.05) is 37.1 Å². The fourth-order valence-corrected chi connectivity index (χ4v) is 3.98. The van der Waals surface area contributed by atoms with Gasteiger partial charge in [-0.2, -0.15) is 0 Å². The highest BCUT2D eigenvalue weighted by atomic mass is 32.2. The molecular formula is C23H32O4S. The van der Waals surface area contributed by atoms with Crippen LogP contribution in [-0.4, -0.2) is 41.1 Å². The maximum Gasteiger partial charge on any atom is 0.198 e. The fourth-order valence-electron chi connectivity index (χ4n) is 3.38. The van der Waals surface area contributed by atoms with E-state index in [9.17, 15) is 9.90 Å². The summed E-state index contributed by atoms with van der Waals surface area (Å²) in [6, 6.07) is 9.70. The Morgan fingerprint density at radius 3 is 2.54 bits per heavy atom. The molecule has 1 aromatic carbocycles. The number of unbranched alkanes of at least 4 members (excludes halogenated alkanes) is 5. The van der Waals surface area contributed by atoms with E-state index in [1.165, 1.54) is 11.8 Å². The van der Waals surface area contributed by atoms with Crippen molar-refractivity contribution in [2.45, 2.75) is 57.0 Å². The number of aliphatic hydroxyl groups excluding tert-OH is 1. The fraction of sp³-hybridized carbons (Fsp3) is 0.522. The van der Waals surface area contributed by atoms with Crippen LogP contribution in [0.15, 0.2) is 53.0 Å². The molecule has 0 spiro atoms. The van der Waals surface area contributed by atoms with E-state index in [-0.39, 0.29) is 12.4 Å². The van der Waals surface area contributed by atoms with E-state index in [1.54, 1.807) is 6.08 Å². The standard InChI is InChI=1S/C23H32O4S/c1-28-21-18-23(26,15-9-11-17-27-19-12-6-5-7-13-19)20(22(21)25)14-8-3-2-4-10-16-24/h5-7,12-14,18,24,26H,2-4,8-11,15-17H2,1H3/b20-14+. The van der Waals surface area contributed by atoms with Gasteiger partial charge >= 0.3 is 0 Å². The molecule has 4 nitrogen and oxygen atoms in total. The van der Waals surface area contributed by atoms with Crippen LogP contribution in [0.2, 0.25) is 0 Å². The van der Waals surface area contributed by atoms with Crippen LogP contribution in [0.3, 0.4) is 0 Å². The van der Waals surface area contributed by atoms with E-state index in [2.05, 4.69) is 0 Å². The van der Waals surface area contributed by atoms with Crippen molar-refractivity contribution in [1.29, 1.82) is 0 Å². The zero-order valence-electron chi connectivity index (χ0n) is 16.7. The molecule has 0 bridgehead atoms. The van der Waals surface area contributed by atoms with E-state index >= 15 is 0 Å². The number of ether oxygens (including phenoxy) is 1. The van der Waals surface area contributed by atoms with Crippen LogP contribution < -0.4 is 4.74 Å². The van der Waals surface area contributed by atoms with Crippen molar-refractivity contribution in [3.63, 3.8) is 0 Å². The lowest BCUT2D eigenvalue weighted by Gasteiger charge is -2.22. The van der Waals surface area contributed by atoms with E-state index in [4.69, 9.17) is 9.84 Å². The van der Waals surface area contributed by atoms with Crippen molar-refractivity contribution >= 4 is 17.5 Å². The van der Waals surface area contributed by atoms with E-state index in [0.717, 1.165) is 50.7 Å². The van der Waals surface area contributed by atoms with Crippen molar-refractivity contribution in [1.82, 2.24) is 0 Å². The number of carbonyl (C=O) groups excluding carboxylic acids is 1.